The fourth-order valence-electron chi connectivity index (χ4n) is 2.60. The third-order valence-electron chi connectivity index (χ3n) is 4.34. The molecule has 144 valence electrons. The fourth-order valence-corrected chi connectivity index (χ4v) is 2.73. The molecule has 6 heteroatoms. The number of aryl methyl sites for hydroxylation is 1. The molecule has 0 heterocycles. The van der Waals surface area contributed by atoms with Gasteiger partial charge in [0.15, 0.2) is 0 Å². The second kappa shape index (κ2) is 9.02. The SMILES string of the molecule is CN(C)C(=O)c1ccc(CCC(=O)NCC(C)(O)c2ccc(Cl)cc2)cc1. The van der Waals surface area contributed by atoms with E-state index in [1.807, 2.05) is 12.1 Å². The quantitative estimate of drug-likeness (QED) is 0.766. The molecule has 27 heavy (non-hydrogen) atoms. The van der Waals surface area contributed by atoms with Crippen LogP contribution in [-0.4, -0.2) is 42.5 Å². The van der Waals surface area contributed by atoms with Gasteiger partial charge < -0.3 is 15.3 Å². The van der Waals surface area contributed by atoms with Crippen LogP contribution in [0.2, 0.25) is 5.02 Å². The smallest absolute Gasteiger partial charge is 0.253 e. The summed E-state index contributed by atoms with van der Waals surface area (Å²) in [6, 6.07) is 14.1. The number of carbonyl (C=O) groups is 2. The second-order valence-electron chi connectivity index (χ2n) is 6.95. The van der Waals surface area contributed by atoms with Crippen LogP contribution < -0.4 is 5.32 Å². The van der Waals surface area contributed by atoms with Crippen molar-refractivity contribution < 1.29 is 14.7 Å². The maximum atomic E-state index is 12.1. The van der Waals surface area contributed by atoms with E-state index in [0.717, 1.165) is 5.56 Å². The molecular weight excluding hydrogens is 364 g/mol. The van der Waals surface area contributed by atoms with Gasteiger partial charge in [0.2, 0.25) is 5.91 Å². The van der Waals surface area contributed by atoms with Crippen molar-refractivity contribution in [2.45, 2.75) is 25.4 Å². The molecule has 0 saturated carbocycles. The number of carbonyl (C=O) groups excluding carboxylic acids is 2. The molecule has 1 atom stereocenters. The van der Waals surface area contributed by atoms with Crippen LogP contribution in [0.15, 0.2) is 48.5 Å². The van der Waals surface area contributed by atoms with Crippen molar-refractivity contribution in [1.29, 1.82) is 0 Å². The number of hydrogen-bond donors (Lipinski definition) is 2. The van der Waals surface area contributed by atoms with Gasteiger partial charge in [-0.1, -0.05) is 35.9 Å². The van der Waals surface area contributed by atoms with Gasteiger partial charge >= 0.3 is 0 Å². The number of aliphatic hydroxyl groups is 1. The third-order valence-corrected chi connectivity index (χ3v) is 4.60. The zero-order valence-corrected chi connectivity index (χ0v) is 16.6. The highest BCUT2D eigenvalue weighted by Crippen LogP contribution is 2.21. The van der Waals surface area contributed by atoms with Crippen molar-refractivity contribution in [3.8, 4) is 0 Å². The van der Waals surface area contributed by atoms with E-state index in [1.165, 1.54) is 4.90 Å². The van der Waals surface area contributed by atoms with Gasteiger partial charge in [-0.05, 0) is 48.7 Å². The molecule has 0 aliphatic rings. The summed E-state index contributed by atoms with van der Waals surface area (Å²) in [6.45, 7) is 1.76. The maximum Gasteiger partial charge on any atom is 0.253 e. The number of amides is 2. The van der Waals surface area contributed by atoms with Crippen LogP contribution >= 0.6 is 11.6 Å². The lowest BCUT2D eigenvalue weighted by Gasteiger charge is -2.24. The Balaban J connectivity index is 1.83. The van der Waals surface area contributed by atoms with Crippen molar-refractivity contribution in [2.75, 3.05) is 20.6 Å². The van der Waals surface area contributed by atoms with Crippen LogP contribution in [0.1, 0.15) is 34.8 Å². The fraction of sp³-hybridized carbons (Fsp3) is 0.333. The Morgan fingerprint density at radius 1 is 1.07 bits per heavy atom. The molecule has 0 bridgehead atoms. The lowest BCUT2D eigenvalue weighted by molar-refractivity contribution is -0.122. The highest BCUT2D eigenvalue weighted by Gasteiger charge is 2.23. The van der Waals surface area contributed by atoms with E-state index in [2.05, 4.69) is 5.32 Å². The summed E-state index contributed by atoms with van der Waals surface area (Å²) in [5, 5.41) is 13.9. The Morgan fingerprint density at radius 2 is 1.67 bits per heavy atom. The Kier molecular flexibility index (Phi) is 6.99. The van der Waals surface area contributed by atoms with Gasteiger partial charge in [-0.25, -0.2) is 0 Å². The highest BCUT2D eigenvalue weighted by molar-refractivity contribution is 6.30. The van der Waals surface area contributed by atoms with Crippen molar-refractivity contribution >= 4 is 23.4 Å². The molecule has 2 aromatic rings. The van der Waals surface area contributed by atoms with Crippen LogP contribution in [0.4, 0.5) is 0 Å². The van der Waals surface area contributed by atoms with E-state index in [0.29, 0.717) is 29.0 Å². The monoisotopic (exact) mass is 388 g/mol. The van der Waals surface area contributed by atoms with Crippen molar-refractivity contribution in [3.63, 3.8) is 0 Å². The van der Waals surface area contributed by atoms with E-state index in [1.54, 1.807) is 57.4 Å². The van der Waals surface area contributed by atoms with Crippen LogP contribution in [0.5, 0.6) is 0 Å². The second-order valence-corrected chi connectivity index (χ2v) is 7.39. The number of rotatable bonds is 7. The first kappa shape index (κ1) is 20.9. The molecule has 1 unspecified atom stereocenters. The first-order valence-corrected chi connectivity index (χ1v) is 9.12. The number of benzene rings is 2. The molecule has 0 aliphatic carbocycles. The van der Waals surface area contributed by atoms with E-state index < -0.39 is 5.60 Å². The molecule has 2 N–H and O–H groups in total. The lowest BCUT2D eigenvalue weighted by atomic mass is 9.96. The van der Waals surface area contributed by atoms with Gasteiger partial charge in [-0.3, -0.25) is 9.59 Å². The molecular formula is C21H25ClN2O3. The number of hydrogen-bond acceptors (Lipinski definition) is 3. The normalized spacial score (nSPS) is 12.9. The molecule has 0 fully saturated rings. The van der Waals surface area contributed by atoms with Gasteiger partial charge in [0, 0.05) is 31.1 Å². The van der Waals surface area contributed by atoms with E-state index >= 15 is 0 Å². The topological polar surface area (TPSA) is 69.6 Å². The van der Waals surface area contributed by atoms with E-state index in [4.69, 9.17) is 11.6 Å². The molecule has 2 amide bonds. The summed E-state index contributed by atoms with van der Waals surface area (Å²) in [5.41, 5.74) is 1.11. The zero-order valence-electron chi connectivity index (χ0n) is 15.8. The highest BCUT2D eigenvalue weighted by atomic mass is 35.5. The summed E-state index contributed by atoms with van der Waals surface area (Å²) in [4.78, 5) is 25.5. The summed E-state index contributed by atoms with van der Waals surface area (Å²) >= 11 is 5.86. The van der Waals surface area contributed by atoms with Crippen LogP contribution in [0.25, 0.3) is 0 Å². The minimum atomic E-state index is -1.17. The van der Waals surface area contributed by atoms with Crippen LogP contribution in [-0.2, 0) is 16.8 Å². The molecule has 2 aromatic carbocycles. The predicted octanol–water partition coefficient (Wildman–Crippen LogP) is 3.00. The van der Waals surface area contributed by atoms with E-state index in [9.17, 15) is 14.7 Å². The van der Waals surface area contributed by atoms with E-state index in [-0.39, 0.29) is 18.4 Å². The van der Waals surface area contributed by atoms with Crippen LogP contribution in [0.3, 0.4) is 0 Å². The van der Waals surface area contributed by atoms with Crippen molar-refractivity contribution in [2.24, 2.45) is 0 Å². The molecule has 5 nitrogen and oxygen atoms in total. The molecule has 2 rings (SSSR count). The van der Waals surface area contributed by atoms with Gasteiger partial charge in [0.1, 0.15) is 5.60 Å². The third kappa shape index (κ3) is 6.08. The average Bonchev–Trinajstić information content (AvgIpc) is 2.65. The van der Waals surface area contributed by atoms with Crippen LogP contribution in [0, 0.1) is 0 Å². The molecule has 0 saturated heterocycles. The van der Waals surface area contributed by atoms with Crippen molar-refractivity contribution in [1.82, 2.24) is 10.2 Å². The first-order chi connectivity index (χ1) is 12.7. The molecule has 0 radical (unpaired) electrons. The number of nitrogens with one attached hydrogen (secondary N) is 1. The summed E-state index contributed by atoms with van der Waals surface area (Å²) in [5.74, 6) is -0.193. The Labute approximate surface area is 165 Å². The summed E-state index contributed by atoms with van der Waals surface area (Å²) < 4.78 is 0. The Morgan fingerprint density at radius 3 is 2.22 bits per heavy atom. The number of nitrogens with zero attached hydrogens (tertiary/aromatic N) is 1. The first-order valence-electron chi connectivity index (χ1n) is 8.75. The molecule has 0 spiro atoms. The summed E-state index contributed by atoms with van der Waals surface area (Å²) in [7, 11) is 3.42. The van der Waals surface area contributed by atoms with Gasteiger partial charge in [0.25, 0.3) is 5.91 Å². The Bertz CT molecular complexity index is 784. The predicted molar refractivity (Wildman–Crippen MR) is 107 cm³/mol. The Hall–Kier alpha value is -2.37. The average molecular weight is 389 g/mol. The molecule has 0 aromatic heterocycles. The standard InChI is InChI=1S/C21H25ClN2O3/c1-21(27,17-9-11-18(22)12-10-17)14-23-19(25)13-6-15-4-7-16(8-5-15)20(26)24(2)3/h4-5,7-12,27H,6,13-14H2,1-3H3,(H,23,25). The zero-order chi connectivity index (χ0) is 20.0. The lowest BCUT2D eigenvalue weighted by Crippen LogP contribution is -2.38. The maximum absolute atomic E-state index is 12.1. The van der Waals surface area contributed by atoms with Gasteiger partial charge in [-0.2, -0.15) is 0 Å². The minimum absolute atomic E-state index is 0.0521. The van der Waals surface area contributed by atoms with Gasteiger partial charge in [0.05, 0.1) is 6.54 Å². The van der Waals surface area contributed by atoms with Gasteiger partial charge in [-0.15, -0.1) is 0 Å². The molecule has 0 aliphatic heterocycles. The minimum Gasteiger partial charge on any atom is -0.384 e. The largest absolute Gasteiger partial charge is 0.384 e. The van der Waals surface area contributed by atoms with Crippen molar-refractivity contribution in [3.05, 3.63) is 70.2 Å². The summed E-state index contributed by atoms with van der Waals surface area (Å²) in [6.07, 6.45) is 0.864. The number of halogens is 1.